The largest absolute Gasteiger partial charge is 0.472 e. The number of hydrogen-bond donors (Lipinski definition) is 1. The topological polar surface area (TPSA) is 74.2 Å². The highest BCUT2D eigenvalue weighted by Crippen LogP contribution is 2.53. The van der Waals surface area contributed by atoms with Gasteiger partial charge in [0.15, 0.2) is 0 Å². The molecule has 2 aliphatic heterocycles. The average molecular weight is 308 g/mol. The van der Waals surface area contributed by atoms with Gasteiger partial charge in [-0.1, -0.05) is 13.8 Å². The van der Waals surface area contributed by atoms with E-state index in [1.165, 1.54) is 0 Å². The Hall–Kier alpha value is 0.0300. The number of fused-ring (bicyclic) bond motifs is 1. The minimum atomic E-state index is -4.09. The highest BCUT2D eigenvalue weighted by atomic mass is 31.2. The summed E-state index contributed by atoms with van der Waals surface area (Å²) in [6, 6.07) is 0. The average Bonchev–Trinajstić information content (AvgIpc) is 2.36. The maximum Gasteiger partial charge on any atom is 0.472 e. The lowest BCUT2D eigenvalue weighted by atomic mass is 9.83. The summed E-state index contributed by atoms with van der Waals surface area (Å²) in [5.41, 5.74) is -0.379. The Morgan fingerprint density at radius 1 is 1.40 bits per heavy atom. The molecule has 7 heteroatoms. The van der Waals surface area contributed by atoms with E-state index < -0.39 is 13.9 Å². The van der Waals surface area contributed by atoms with E-state index in [1.54, 1.807) is 13.8 Å². The normalized spacial score (nSPS) is 39.7. The number of ether oxygens (including phenoxy) is 2. The Morgan fingerprint density at radius 3 is 2.50 bits per heavy atom. The SMILES string of the molecule is CC(C)C[C@]12COC1[C@H](OP(=O)(O)OC(C)C)[C@H](C)O2. The number of phosphoric ester groups is 1. The van der Waals surface area contributed by atoms with Crippen LogP contribution < -0.4 is 0 Å². The number of hydrogen-bond acceptors (Lipinski definition) is 5. The molecule has 20 heavy (non-hydrogen) atoms. The van der Waals surface area contributed by atoms with Crippen molar-refractivity contribution in [3.8, 4) is 0 Å². The predicted molar refractivity (Wildman–Crippen MR) is 73.4 cm³/mol. The van der Waals surface area contributed by atoms with E-state index in [4.69, 9.17) is 18.5 Å². The zero-order chi connectivity index (χ0) is 15.1. The van der Waals surface area contributed by atoms with Crippen molar-refractivity contribution in [2.24, 2.45) is 5.92 Å². The molecule has 2 rings (SSSR count). The van der Waals surface area contributed by atoms with Gasteiger partial charge in [0.2, 0.25) is 0 Å². The molecular weight excluding hydrogens is 283 g/mol. The van der Waals surface area contributed by atoms with E-state index in [1.807, 2.05) is 6.92 Å². The van der Waals surface area contributed by atoms with Crippen molar-refractivity contribution in [3.63, 3.8) is 0 Å². The van der Waals surface area contributed by atoms with Crippen molar-refractivity contribution in [1.82, 2.24) is 0 Å². The molecule has 2 fully saturated rings. The van der Waals surface area contributed by atoms with Gasteiger partial charge in [-0.05, 0) is 33.1 Å². The summed E-state index contributed by atoms with van der Waals surface area (Å²) in [6.45, 7) is 9.95. The first-order valence-electron chi connectivity index (χ1n) is 7.14. The van der Waals surface area contributed by atoms with E-state index >= 15 is 0 Å². The lowest BCUT2D eigenvalue weighted by molar-refractivity contribution is -0.233. The van der Waals surface area contributed by atoms with Crippen LogP contribution in [0.2, 0.25) is 0 Å². The molecule has 5 atom stereocenters. The summed E-state index contributed by atoms with van der Waals surface area (Å²) in [4.78, 5) is 9.76. The zero-order valence-corrected chi connectivity index (χ0v) is 13.6. The van der Waals surface area contributed by atoms with Gasteiger partial charge >= 0.3 is 7.82 Å². The molecule has 0 amide bonds. The molecular formula is C13H25O6P. The lowest BCUT2D eigenvalue weighted by Crippen LogP contribution is -2.59. The molecule has 0 aromatic heterocycles. The number of rotatable bonds is 6. The first-order chi connectivity index (χ1) is 9.15. The fraction of sp³-hybridized carbons (Fsp3) is 1.00. The summed E-state index contributed by atoms with van der Waals surface area (Å²) >= 11 is 0. The Bertz CT molecular complexity index is 398. The fourth-order valence-corrected chi connectivity index (χ4v) is 4.22. The molecule has 0 spiro atoms. The predicted octanol–water partition coefficient (Wildman–Crippen LogP) is 2.50. The van der Waals surface area contributed by atoms with Gasteiger partial charge in [0.1, 0.15) is 17.8 Å². The van der Waals surface area contributed by atoms with Crippen LogP contribution in [0.5, 0.6) is 0 Å². The van der Waals surface area contributed by atoms with Crippen molar-refractivity contribution >= 4 is 7.82 Å². The minimum absolute atomic E-state index is 0.294. The van der Waals surface area contributed by atoms with Crippen LogP contribution in [0.25, 0.3) is 0 Å². The maximum atomic E-state index is 11.9. The third kappa shape index (κ3) is 3.26. The van der Waals surface area contributed by atoms with Crippen LogP contribution in [0.4, 0.5) is 0 Å². The summed E-state index contributed by atoms with van der Waals surface area (Å²) in [7, 11) is -4.09. The molecule has 0 bridgehead atoms. The second kappa shape index (κ2) is 5.67. The Kier molecular flexibility index (Phi) is 4.65. The highest BCUT2D eigenvalue weighted by molar-refractivity contribution is 7.47. The summed E-state index contributed by atoms with van der Waals surface area (Å²) in [5, 5.41) is 0. The van der Waals surface area contributed by atoms with E-state index in [-0.39, 0.29) is 23.9 Å². The van der Waals surface area contributed by atoms with Crippen LogP contribution in [0.3, 0.4) is 0 Å². The molecule has 0 radical (unpaired) electrons. The van der Waals surface area contributed by atoms with Gasteiger partial charge in [0.25, 0.3) is 0 Å². The van der Waals surface area contributed by atoms with Gasteiger partial charge in [0, 0.05) is 0 Å². The smallest absolute Gasteiger partial charge is 0.369 e. The first kappa shape index (κ1) is 16.4. The van der Waals surface area contributed by atoms with Crippen LogP contribution in [-0.2, 0) is 23.1 Å². The van der Waals surface area contributed by atoms with Gasteiger partial charge in [-0.25, -0.2) is 4.57 Å². The van der Waals surface area contributed by atoms with E-state index in [0.717, 1.165) is 6.42 Å². The van der Waals surface area contributed by atoms with Gasteiger partial charge in [-0.15, -0.1) is 0 Å². The molecule has 0 saturated carbocycles. The molecule has 0 aromatic rings. The van der Waals surface area contributed by atoms with Gasteiger partial charge in [0.05, 0.1) is 18.8 Å². The molecule has 2 heterocycles. The van der Waals surface area contributed by atoms with Crippen molar-refractivity contribution in [3.05, 3.63) is 0 Å². The van der Waals surface area contributed by atoms with Crippen LogP contribution in [0.15, 0.2) is 0 Å². The fourth-order valence-electron chi connectivity index (χ4n) is 3.04. The maximum absolute atomic E-state index is 11.9. The Balaban J connectivity index is 2.05. The summed E-state index contributed by atoms with van der Waals surface area (Å²) in [6.07, 6.45) is -0.695. The van der Waals surface area contributed by atoms with Gasteiger partial charge in [-0.2, -0.15) is 0 Å². The van der Waals surface area contributed by atoms with E-state index in [0.29, 0.717) is 12.5 Å². The molecule has 1 N–H and O–H groups in total. The Morgan fingerprint density at radius 2 is 2.05 bits per heavy atom. The molecule has 0 aromatic carbocycles. The first-order valence-corrected chi connectivity index (χ1v) is 8.64. The van der Waals surface area contributed by atoms with Crippen LogP contribution >= 0.6 is 7.82 Å². The van der Waals surface area contributed by atoms with Gasteiger partial charge in [-0.3, -0.25) is 9.05 Å². The van der Waals surface area contributed by atoms with Crippen molar-refractivity contribution < 1.29 is 28.0 Å². The number of phosphoric acid groups is 1. The monoisotopic (exact) mass is 308 g/mol. The van der Waals surface area contributed by atoms with Crippen LogP contribution in [0.1, 0.15) is 41.0 Å². The van der Waals surface area contributed by atoms with Crippen LogP contribution in [-0.4, -0.2) is 41.5 Å². The van der Waals surface area contributed by atoms with Gasteiger partial charge < -0.3 is 14.4 Å². The summed E-state index contributed by atoms with van der Waals surface area (Å²) in [5.74, 6) is 0.459. The second-order valence-corrected chi connectivity index (χ2v) is 7.77. The third-order valence-electron chi connectivity index (χ3n) is 3.56. The molecule has 2 unspecified atom stereocenters. The second-order valence-electron chi connectivity index (χ2n) is 6.41. The Labute approximate surface area is 120 Å². The third-order valence-corrected chi connectivity index (χ3v) is 4.76. The highest BCUT2D eigenvalue weighted by Gasteiger charge is 2.62. The molecule has 6 nitrogen and oxygen atoms in total. The molecule has 118 valence electrons. The zero-order valence-electron chi connectivity index (χ0n) is 12.7. The van der Waals surface area contributed by atoms with E-state index in [2.05, 4.69) is 13.8 Å². The molecule has 2 saturated heterocycles. The van der Waals surface area contributed by atoms with Crippen molar-refractivity contribution in [2.75, 3.05) is 6.61 Å². The molecule has 0 aliphatic carbocycles. The van der Waals surface area contributed by atoms with Crippen LogP contribution in [0, 0.1) is 5.92 Å². The lowest BCUT2D eigenvalue weighted by Gasteiger charge is -2.45. The van der Waals surface area contributed by atoms with Crippen molar-refractivity contribution in [2.45, 2.75) is 71.1 Å². The van der Waals surface area contributed by atoms with E-state index in [9.17, 15) is 9.46 Å². The quantitative estimate of drug-likeness (QED) is 0.760. The standard InChI is InChI=1S/C13H25O6P/c1-8(2)6-13-7-16-12(13)11(10(5)17-13)19-20(14,15)18-9(3)4/h8-12H,6-7H2,1-5H3,(H,14,15)/t10-,11+,12?,13-/m0/s1. The molecule has 2 aliphatic rings. The summed E-state index contributed by atoms with van der Waals surface area (Å²) < 4.78 is 33.7. The van der Waals surface area contributed by atoms with Crippen molar-refractivity contribution in [1.29, 1.82) is 0 Å². The minimum Gasteiger partial charge on any atom is -0.369 e.